The van der Waals surface area contributed by atoms with Crippen LogP contribution in [-0.4, -0.2) is 29.1 Å². The second-order valence-electron chi connectivity index (χ2n) is 6.32. The Bertz CT molecular complexity index is 313. The van der Waals surface area contributed by atoms with Gasteiger partial charge in [-0.2, -0.15) is 12.6 Å². The Morgan fingerprint density at radius 3 is 2.71 bits per heavy atom. The van der Waals surface area contributed by atoms with Gasteiger partial charge in [-0.3, -0.25) is 4.79 Å². The molecule has 2 aliphatic carbocycles. The van der Waals surface area contributed by atoms with Crippen LogP contribution in [0.4, 0.5) is 0 Å². The zero-order valence-electron chi connectivity index (χ0n) is 10.5. The minimum absolute atomic E-state index is 0.283. The highest BCUT2D eigenvalue weighted by molar-refractivity contribution is 7.80. The average Bonchev–Trinajstić information content (AvgIpc) is 2.95. The van der Waals surface area contributed by atoms with Crippen LogP contribution < -0.4 is 0 Å². The monoisotopic (exact) mass is 253 g/mol. The summed E-state index contributed by atoms with van der Waals surface area (Å²) in [6.45, 7) is 1.02. The van der Waals surface area contributed by atoms with Crippen molar-refractivity contribution >= 4 is 18.5 Å². The van der Waals surface area contributed by atoms with Crippen molar-refractivity contribution in [1.82, 2.24) is 4.90 Å². The number of amides is 1. The van der Waals surface area contributed by atoms with Gasteiger partial charge < -0.3 is 4.90 Å². The van der Waals surface area contributed by atoms with Crippen LogP contribution in [0.25, 0.3) is 0 Å². The Kier molecular flexibility index (Phi) is 3.14. The van der Waals surface area contributed by atoms with E-state index in [-0.39, 0.29) is 5.41 Å². The van der Waals surface area contributed by atoms with Crippen molar-refractivity contribution in [2.24, 2.45) is 11.3 Å². The van der Waals surface area contributed by atoms with E-state index in [9.17, 15) is 4.79 Å². The molecule has 0 spiro atoms. The van der Waals surface area contributed by atoms with Crippen molar-refractivity contribution in [3.63, 3.8) is 0 Å². The summed E-state index contributed by atoms with van der Waals surface area (Å²) < 4.78 is 0. The van der Waals surface area contributed by atoms with E-state index >= 15 is 0 Å². The summed E-state index contributed by atoms with van der Waals surface area (Å²) in [7, 11) is 0. The number of fused-ring (bicyclic) bond motifs is 1. The molecule has 3 aliphatic rings. The molecule has 1 heterocycles. The molecule has 3 fully saturated rings. The second kappa shape index (κ2) is 4.49. The Morgan fingerprint density at radius 1 is 1.24 bits per heavy atom. The summed E-state index contributed by atoms with van der Waals surface area (Å²) >= 11 is 4.41. The van der Waals surface area contributed by atoms with Gasteiger partial charge in [0.25, 0.3) is 0 Å². The molecule has 0 aromatic heterocycles. The first-order chi connectivity index (χ1) is 8.24. The normalized spacial score (nSPS) is 34.5. The topological polar surface area (TPSA) is 20.3 Å². The molecule has 3 heteroatoms. The zero-order valence-corrected chi connectivity index (χ0v) is 11.4. The summed E-state index contributed by atoms with van der Waals surface area (Å²) in [5, 5.41) is 0. The van der Waals surface area contributed by atoms with Crippen molar-refractivity contribution in [2.75, 3.05) is 12.3 Å². The average molecular weight is 253 g/mol. The number of hydrogen-bond acceptors (Lipinski definition) is 2. The van der Waals surface area contributed by atoms with Crippen LogP contribution in [0.15, 0.2) is 0 Å². The molecule has 0 N–H and O–H groups in total. The van der Waals surface area contributed by atoms with Crippen molar-refractivity contribution in [1.29, 1.82) is 0 Å². The third kappa shape index (κ3) is 2.23. The number of piperidine rings is 1. The molecule has 2 atom stereocenters. The van der Waals surface area contributed by atoms with Gasteiger partial charge >= 0.3 is 0 Å². The van der Waals surface area contributed by atoms with Crippen molar-refractivity contribution in [2.45, 2.75) is 57.4 Å². The molecule has 2 nitrogen and oxygen atoms in total. The van der Waals surface area contributed by atoms with E-state index in [2.05, 4.69) is 17.5 Å². The lowest BCUT2D eigenvalue weighted by Gasteiger charge is -2.38. The Hall–Kier alpha value is -0.180. The second-order valence-corrected chi connectivity index (χ2v) is 6.64. The number of carbonyl (C=O) groups excluding carboxylic acids is 1. The lowest BCUT2D eigenvalue weighted by molar-refractivity contribution is -0.137. The van der Waals surface area contributed by atoms with Crippen LogP contribution in [0.1, 0.15) is 51.4 Å². The molecule has 0 aromatic rings. The molecule has 0 radical (unpaired) electrons. The van der Waals surface area contributed by atoms with Gasteiger partial charge in [0.05, 0.1) is 0 Å². The molecule has 1 amide bonds. The van der Waals surface area contributed by atoms with Gasteiger partial charge in [0.1, 0.15) is 0 Å². The molecular formula is C14H23NOS. The fraction of sp³-hybridized carbons (Fsp3) is 0.929. The highest BCUT2D eigenvalue weighted by atomic mass is 32.1. The summed E-state index contributed by atoms with van der Waals surface area (Å²) in [4.78, 5) is 14.7. The lowest BCUT2D eigenvalue weighted by atomic mass is 9.91. The smallest absolute Gasteiger partial charge is 0.223 e. The van der Waals surface area contributed by atoms with Gasteiger partial charge in [0.15, 0.2) is 0 Å². The predicted octanol–water partition coefficient (Wildman–Crippen LogP) is 2.88. The molecule has 2 unspecified atom stereocenters. The molecule has 2 saturated carbocycles. The van der Waals surface area contributed by atoms with E-state index < -0.39 is 0 Å². The highest BCUT2D eigenvalue weighted by Gasteiger charge is 2.45. The number of thiol groups is 1. The van der Waals surface area contributed by atoms with Crippen LogP contribution in [0.2, 0.25) is 0 Å². The summed E-state index contributed by atoms with van der Waals surface area (Å²) in [5.41, 5.74) is 0.283. The van der Waals surface area contributed by atoms with Crippen LogP contribution >= 0.6 is 12.6 Å². The van der Waals surface area contributed by atoms with Crippen molar-refractivity contribution < 1.29 is 4.79 Å². The molecule has 96 valence electrons. The Balaban J connectivity index is 1.64. The first-order valence-corrected chi connectivity index (χ1v) is 7.78. The fourth-order valence-corrected chi connectivity index (χ4v) is 4.18. The van der Waals surface area contributed by atoms with Crippen LogP contribution in [0, 0.1) is 11.3 Å². The summed E-state index contributed by atoms with van der Waals surface area (Å²) in [6, 6.07) is 0.590. The van der Waals surface area contributed by atoms with E-state index in [0.29, 0.717) is 11.9 Å². The van der Waals surface area contributed by atoms with Gasteiger partial charge in [-0.05, 0) is 55.6 Å². The maximum Gasteiger partial charge on any atom is 0.223 e. The van der Waals surface area contributed by atoms with Crippen molar-refractivity contribution in [3.05, 3.63) is 0 Å². The number of hydrogen-bond donors (Lipinski definition) is 1. The molecule has 0 aromatic carbocycles. The van der Waals surface area contributed by atoms with Crippen LogP contribution in [0.3, 0.4) is 0 Å². The maximum atomic E-state index is 12.4. The minimum atomic E-state index is 0.283. The standard InChI is InChI=1S/C14H23NOS/c16-13(9-14(10-17)6-7-14)15-8-2-4-11-3-1-5-12(11)15/h11-12,17H,1-10H2. The van der Waals surface area contributed by atoms with Crippen molar-refractivity contribution in [3.8, 4) is 0 Å². The zero-order chi connectivity index (χ0) is 11.9. The number of carbonyl (C=O) groups is 1. The van der Waals surface area contributed by atoms with E-state index in [1.54, 1.807) is 0 Å². The largest absolute Gasteiger partial charge is 0.339 e. The van der Waals surface area contributed by atoms with Gasteiger partial charge in [-0.15, -0.1) is 0 Å². The van der Waals surface area contributed by atoms with E-state index in [1.807, 2.05) is 0 Å². The minimum Gasteiger partial charge on any atom is -0.339 e. The quantitative estimate of drug-likeness (QED) is 0.767. The third-order valence-corrected chi connectivity index (χ3v) is 5.80. The van der Waals surface area contributed by atoms with E-state index in [4.69, 9.17) is 0 Å². The third-order valence-electron chi connectivity index (χ3n) is 5.13. The predicted molar refractivity (Wildman–Crippen MR) is 72.2 cm³/mol. The molecule has 17 heavy (non-hydrogen) atoms. The highest BCUT2D eigenvalue weighted by Crippen LogP contribution is 2.50. The molecule has 3 rings (SSSR count). The van der Waals surface area contributed by atoms with Gasteiger partial charge in [-0.25, -0.2) is 0 Å². The number of nitrogens with zero attached hydrogens (tertiary/aromatic N) is 1. The van der Waals surface area contributed by atoms with E-state index in [1.165, 1.54) is 44.9 Å². The molecule has 1 aliphatic heterocycles. The molecule has 1 saturated heterocycles. The molecular weight excluding hydrogens is 230 g/mol. The fourth-order valence-electron chi connectivity index (χ4n) is 3.75. The van der Waals surface area contributed by atoms with Gasteiger partial charge in [0, 0.05) is 19.0 Å². The van der Waals surface area contributed by atoms with Crippen LogP contribution in [-0.2, 0) is 4.79 Å². The molecule has 0 bridgehead atoms. The SMILES string of the molecule is O=C(CC1(CS)CC1)N1CCCC2CCCC21. The Labute approximate surface area is 110 Å². The van der Waals surface area contributed by atoms with Gasteiger partial charge in [0.2, 0.25) is 5.91 Å². The Morgan fingerprint density at radius 2 is 2.00 bits per heavy atom. The summed E-state index contributed by atoms with van der Waals surface area (Å²) in [5.74, 6) is 2.13. The van der Waals surface area contributed by atoms with Crippen LogP contribution in [0.5, 0.6) is 0 Å². The van der Waals surface area contributed by atoms with E-state index in [0.717, 1.165) is 24.6 Å². The lowest BCUT2D eigenvalue weighted by Crippen LogP contribution is -2.46. The first-order valence-electron chi connectivity index (χ1n) is 7.14. The summed E-state index contributed by atoms with van der Waals surface area (Å²) in [6.07, 6.45) is 9.70. The number of rotatable bonds is 3. The number of likely N-dealkylation sites (tertiary alicyclic amines) is 1. The van der Waals surface area contributed by atoms with Gasteiger partial charge in [-0.1, -0.05) is 6.42 Å². The first kappa shape index (κ1) is 11.9. The maximum absolute atomic E-state index is 12.4.